The lowest BCUT2D eigenvalue weighted by Gasteiger charge is -1.94. The van der Waals surface area contributed by atoms with E-state index in [9.17, 15) is 19.7 Å². The quantitative estimate of drug-likeness (QED) is 0.279. The third-order valence-corrected chi connectivity index (χ3v) is 1.72. The van der Waals surface area contributed by atoms with Crippen molar-refractivity contribution in [2.45, 2.75) is 0 Å². The van der Waals surface area contributed by atoms with E-state index in [4.69, 9.17) is 0 Å². The molecule has 2 N–H and O–H groups in total. The molecule has 1 amide bonds. The molecule has 0 aromatic heterocycles. The molecule has 0 spiro atoms. The molecule has 88 valence electrons. The SMILES string of the molecule is NC(=O)OC(=O)C=Cc1ccc([N+](=O)[O-])cc1. The van der Waals surface area contributed by atoms with Crippen LogP contribution < -0.4 is 5.73 Å². The standard InChI is InChI=1S/C10H8N2O5/c11-10(14)17-9(13)6-3-7-1-4-8(5-2-7)12(15)16/h1-6H,(H2,11,14). The zero-order chi connectivity index (χ0) is 12.8. The van der Waals surface area contributed by atoms with Crippen LogP contribution in [0.4, 0.5) is 10.5 Å². The summed E-state index contributed by atoms with van der Waals surface area (Å²) in [6, 6.07) is 5.48. The Morgan fingerprint density at radius 2 is 1.88 bits per heavy atom. The van der Waals surface area contributed by atoms with Crippen LogP contribution in [-0.4, -0.2) is 17.0 Å². The molecule has 17 heavy (non-hydrogen) atoms. The molecule has 0 atom stereocenters. The lowest BCUT2D eigenvalue weighted by atomic mass is 10.2. The summed E-state index contributed by atoms with van der Waals surface area (Å²) in [5.74, 6) is -0.907. The summed E-state index contributed by atoms with van der Waals surface area (Å²) in [7, 11) is 0. The Labute approximate surface area is 95.6 Å². The van der Waals surface area contributed by atoms with Gasteiger partial charge in [0.05, 0.1) is 4.92 Å². The van der Waals surface area contributed by atoms with Crippen molar-refractivity contribution >= 4 is 23.8 Å². The fraction of sp³-hybridized carbons (Fsp3) is 0. The minimum absolute atomic E-state index is 0.0538. The zero-order valence-corrected chi connectivity index (χ0v) is 8.53. The summed E-state index contributed by atoms with van der Waals surface area (Å²) >= 11 is 0. The number of esters is 1. The highest BCUT2D eigenvalue weighted by Crippen LogP contribution is 2.12. The van der Waals surface area contributed by atoms with Crippen molar-refractivity contribution in [1.82, 2.24) is 0 Å². The monoisotopic (exact) mass is 236 g/mol. The van der Waals surface area contributed by atoms with Crippen LogP contribution in [0.25, 0.3) is 6.08 Å². The molecule has 0 unspecified atom stereocenters. The zero-order valence-electron chi connectivity index (χ0n) is 8.53. The number of carbonyl (C=O) groups is 2. The molecule has 7 heteroatoms. The topological polar surface area (TPSA) is 113 Å². The van der Waals surface area contributed by atoms with Gasteiger partial charge in [0.25, 0.3) is 5.69 Å². The Bertz CT molecular complexity index is 478. The van der Waals surface area contributed by atoms with Gasteiger partial charge in [-0.15, -0.1) is 0 Å². The van der Waals surface area contributed by atoms with E-state index in [-0.39, 0.29) is 5.69 Å². The minimum Gasteiger partial charge on any atom is -0.373 e. The first-order chi connectivity index (χ1) is 7.99. The van der Waals surface area contributed by atoms with Gasteiger partial charge in [-0.2, -0.15) is 0 Å². The van der Waals surface area contributed by atoms with Crippen LogP contribution in [0.1, 0.15) is 5.56 Å². The van der Waals surface area contributed by atoms with Crippen molar-refractivity contribution in [2.24, 2.45) is 5.73 Å². The average Bonchev–Trinajstić information content (AvgIpc) is 2.26. The van der Waals surface area contributed by atoms with Crippen LogP contribution >= 0.6 is 0 Å². The fourth-order valence-corrected chi connectivity index (χ4v) is 1.00. The molecule has 0 heterocycles. The van der Waals surface area contributed by atoms with Gasteiger partial charge in [0.1, 0.15) is 0 Å². The number of non-ortho nitro benzene ring substituents is 1. The maximum absolute atomic E-state index is 10.9. The van der Waals surface area contributed by atoms with E-state index >= 15 is 0 Å². The van der Waals surface area contributed by atoms with Crippen molar-refractivity contribution in [2.75, 3.05) is 0 Å². The number of nitro groups is 1. The van der Waals surface area contributed by atoms with Gasteiger partial charge >= 0.3 is 12.1 Å². The van der Waals surface area contributed by atoms with Crippen LogP contribution in [-0.2, 0) is 9.53 Å². The lowest BCUT2D eigenvalue weighted by molar-refractivity contribution is -0.384. The molecular weight excluding hydrogens is 228 g/mol. The molecule has 1 aromatic rings. The molecule has 0 aliphatic carbocycles. The first-order valence-electron chi connectivity index (χ1n) is 4.43. The number of rotatable bonds is 3. The number of nitrogens with two attached hydrogens (primary N) is 1. The Morgan fingerprint density at radius 1 is 1.29 bits per heavy atom. The molecule has 0 fully saturated rings. The van der Waals surface area contributed by atoms with Gasteiger partial charge in [-0.25, -0.2) is 9.59 Å². The molecular formula is C10H8N2O5. The van der Waals surface area contributed by atoms with Gasteiger partial charge in [0, 0.05) is 18.2 Å². The van der Waals surface area contributed by atoms with E-state index in [1.54, 1.807) is 0 Å². The highest BCUT2D eigenvalue weighted by Gasteiger charge is 2.03. The first kappa shape index (κ1) is 12.4. The summed E-state index contributed by atoms with van der Waals surface area (Å²) in [5.41, 5.74) is 5.12. The summed E-state index contributed by atoms with van der Waals surface area (Å²) < 4.78 is 4.04. The number of nitro benzene ring substituents is 1. The highest BCUT2D eigenvalue weighted by atomic mass is 16.6. The summed E-state index contributed by atoms with van der Waals surface area (Å²) in [4.78, 5) is 30.9. The Morgan fingerprint density at radius 3 is 2.35 bits per heavy atom. The fourth-order valence-electron chi connectivity index (χ4n) is 1.00. The van der Waals surface area contributed by atoms with Crippen molar-refractivity contribution in [3.8, 4) is 0 Å². The second-order valence-electron chi connectivity index (χ2n) is 2.92. The summed E-state index contributed by atoms with van der Waals surface area (Å²) in [5, 5.41) is 10.4. The number of benzene rings is 1. The third kappa shape index (κ3) is 4.12. The van der Waals surface area contributed by atoms with E-state index in [1.165, 1.54) is 30.3 Å². The maximum atomic E-state index is 10.9. The Balaban J connectivity index is 2.69. The van der Waals surface area contributed by atoms with Crippen LogP contribution in [0, 0.1) is 10.1 Å². The van der Waals surface area contributed by atoms with E-state index in [2.05, 4.69) is 10.5 Å². The maximum Gasteiger partial charge on any atom is 0.412 e. The Kier molecular flexibility index (Phi) is 3.93. The van der Waals surface area contributed by atoms with E-state index in [1.807, 2.05) is 0 Å². The first-order valence-corrected chi connectivity index (χ1v) is 4.43. The van der Waals surface area contributed by atoms with Gasteiger partial charge in [0.2, 0.25) is 0 Å². The molecule has 0 bridgehead atoms. The second-order valence-corrected chi connectivity index (χ2v) is 2.92. The van der Waals surface area contributed by atoms with Crippen molar-refractivity contribution < 1.29 is 19.2 Å². The molecule has 1 aromatic carbocycles. The molecule has 0 aliphatic heterocycles. The molecule has 7 nitrogen and oxygen atoms in total. The van der Waals surface area contributed by atoms with Crippen LogP contribution in [0.5, 0.6) is 0 Å². The predicted octanol–water partition coefficient (Wildman–Crippen LogP) is 1.23. The number of amides is 1. The minimum atomic E-state index is -1.19. The average molecular weight is 236 g/mol. The van der Waals surface area contributed by atoms with E-state index in [0.29, 0.717) is 5.56 Å². The van der Waals surface area contributed by atoms with Crippen molar-refractivity contribution in [3.05, 3.63) is 46.0 Å². The molecule has 0 saturated carbocycles. The number of hydrogen-bond acceptors (Lipinski definition) is 5. The largest absolute Gasteiger partial charge is 0.412 e. The molecule has 0 aliphatic rings. The normalized spacial score (nSPS) is 10.1. The van der Waals surface area contributed by atoms with Gasteiger partial charge in [-0.05, 0) is 23.8 Å². The van der Waals surface area contributed by atoms with Crippen LogP contribution in [0.3, 0.4) is 0 Å². The number of primary amides is 1. The van der Waals surface area contributed by atoms with E-state index < -0.39 is 17.0 Å². The number of carbonyl (C=O) groups excluding carboxylic acids is 2. The molecule has 1 rings (SSSR count). The van der Waals surface area contributed by atoms with Gasteiger partial charge in [0.15, 0.2) is 0 Å². The highest BCUT2D eigenvalue weighted by molar-refractivity contribution is 5.93. The van der Waals surface area contributed by atoms with Crippen molar-refractivity contribution in [3.63, 3.8) is 0 Å². The number of nitrogens with zero attached hydrogens (tertiary/aromatic N) is 1. The third-order valence-electron chi connectivity index (χ3n) is 1.72. The number of ether oxygens (including phenoxy) is 1. The van der Waals surface area contributed by atoms with Crippen LogP contribution in [0.2, 0.25) is 0 Å². The van der Waals surface area contributed by atoms with Crippen LogP contribution in [0.15, 0.2) is 30.3 Å². The molecule has 0 saturated heterocycles. The van der Waals surface area contributed by atoms with Gasteiger partial charge in [-0.3, -0.25) is 10.1 Å². The molecule has 0 radical (unpaired) electrons. The lowest BCUT2D eigenvalue weighted by Crippen LogP contribution is -2.16. The summed E-state index contributed by atoms with van der Waals surface area (Å²) in [6.07, 6.45) is 1.14. The smallest absolute Gasteiger partial charge is 0.373 e. The predicted molar refractivity (Wildman–Crippen MR) is 57.8 cm³/mol. The Hall–Kier alpha value is -2.70. The van der Waals surface area contributed by atoms with Gasteiger partial charge < -0.3 is 10.5 Å². The summed E-state index contributed by atoms with van der Waals surface area (Å²) in [6.45, 7) is 0. The van der Waals surface area contributed by atoms with Crippen molar-refractivity contribution in [1.29, 1.82) is 0 Å². The van der Waals surface area contributed by atoms with Gasteiger partial charge in [-0.1, -0.05) is 0 Å². The van der Waals surface area contributed by atoms with E-state index in [0.717, 1.165) is 6.08 Å². The number of hydrogen-bond donors (Lipinski definition) is 1. The second kappa shape index (κ2) is 5.40.